The maximum atomic E-state index is 14.6. The summed E-state index contributed by atoms with van der Waals surface area (Å²) in [5.41, 5.74) is -2.18. The van der Waals surface area contributed by atoms with E-state index in [0.717, 1.165) is 0 Å². The zero-order chi connectivity index (χ0) is 35.3. The fraction of sp³-hybridized carbons (Fsp3) is 0.611. The van der Waals surface area contributed by atoms with E-state index in [1.807, 2.05) is 33.8 Å². The van der Waals surface area contributed by atoms with Crippen molar-refractivity contribution < 1.29 is 47.7 Å². The first-order valence-corrected chi connectivity index (χ1v) is 16.1. The summed E-state index contributed by atoms with van der Waals surface area (Å²) in [6.45, 7) is 19.4. The van der Waals surface area contributed by atoms with Crippen LogP contribution in [0.15, 0.2) is 48.8 Å². The van der Waals surface area contributed by atoms with E-state index in [9.17, 15) is 24.0 Å². The van der Waals surface area contributed by atoms with Gasteiger partial charge < -0.3 is 23.7 Å². The molecule has 0 aromatic carbocycles. The second kappa shape index (κ2) is 15.4. The Hall–Kier alpha value is -3.86. The Morgan fingerprint density at radius 1 is 1.02 bits per heavy atom. The quantitative estimate of drug-likeness (QED) is 0.207. The van der Waals surface area contributed by atoms with Gasteiger partial charge in [-0.25, -0.2) is 4.79 Å². The van der Waals surface area contributed by atoms with Gasteiger partial charge in [-0.3, -0.25) is 24.2 Å². The molecule has 0 N–H and O–H groups in total. The minimum Gasteiger partial charge on any atom is -0.462 e. The average molecular weight is 656 g/mol. The van der Waals surface area contributed by atoms with Gasteiger partial charge in [-0.15, -0.1) is 0 Å². The number of esters is 4. The number of ketones is 1. The summed E-state index contributed by atoms with van der Waals surface area (Å²) in [6, 6.07) is 3.23. The number of fused-ring (bicyclic) bond motifs is 1. The monoisotopic (exact) mass is 655 g/mol. The van der Waals surface area contributed by atoms with Gasteiger partial charge in [0.1, 0.15) is 18.3 Å². The summed E-state index contributed by atoms with van der Waals surface area (Å²) < 4.78 is 30.3. The standard InChI is InChI=1S/C36H49NO10/c1-20(2)19-43-28-16-29(46-34(42)27-12-11-15-37-18-27)35(9,10)14-13-21(3)33(41)36(47-26(8)40)17-22(4)31(44-24(6)38)30(36)32(23(28)5)45-25(7)39/h11-15,18,20-22,28-32H,5,16-17,19H2,1-4,6-10H3/b14-13+/t21-,22+,28-,29-,30-,31+,32+,36-/m0/s1. The van der Waals surface area contributed by atoms with Gasteiger partial charge >= 0.3 is 23.9 Å². The molecule has 1 fully saturated rings. The van der Waals surface area contributed by atoms with Crippen LogP contribution < -0.4 is 0 Å². The van der Waals surface area contributed by atoms with Crippen LogP contribution in [0.1, 0.15) is 85.5 Å². The molecule has 0 radical (unpaired) electrons. The van der Waals surface area contributed by atoms with Crippen LogP contribution in [0, 0.1) is 29.1 Å². The van der Waals surface area contributed by atoms with E-state index in [4.69, 9.17) is 23.7 Å². The Kier molecular flexibility index (Phi) is 12.3. The Balaban J connectivity index is 2.31. The molecular formula is C36H49NO10. The van der Waals surface area contributed by atoms with E-state index in [-0.39, 0.29) is 36.5 Å². The summed E-state index contributed by atoms with van der Waals surface area (Å²) in [6.07, 6.45) is 2.60. The lowest BCUT2D eigenvalue weighted by Crippen LogP contribution is -2.57. The first kappa shape index (κ1) is 37.6. The highest BCUT2D eigenvalue weighted by Crippen LogP contribution is 2.51. The van der Waals surface area contributed by atoms with Crippen LogP contribution in [0.4, 0.5) is 0 Å². The third kappa shape index (κ3) is 8.94. The minimum atomic E-state index is -1.84. The number of carbonyl (C=O) groups is 5. The first-order valence-electron chi connectivity index (χ1n) is 16.1. The predicted molar refractivity (Wildman–Crippen MR) is 172 cm³/mol. The van der Waals surface area contributed by atoms with E-state index in [1.54, 1.807) is 38.3 Å². The number of nitrogens with zero attached hydrogens (tertiary/aromatic N) is 1. The number of rotatable bonds is 8. The van der Waals surface area contributed by atoms with Crippen molar-refractivity contribution in [3.05, 3.63) is 54.4 Å². The topological polar surface area (TPSA) is 144 Å². The van der Waals surface area contributed by atoms with Crippen molar-refractivity contribution in [2.45, 2.75) is 105 Å². The highest BCUT2D eigenvalue weighted by Gasteiger charge is 2.65. The number of aromatic nitrogens is 1. The lowest BCUT2D eigenvalue weighted by Gasteiger charge is -2.43. The number of Topliss-reactive ketones (excluding diaryl/α,β-unsaturated/α-hetero) is 1. The largest absolute Gasteiger partial charge is 0.462 e. The predicted octanol–water partition coefficient (Wildman–Crippen LogP) is 5.22. The van der Waals surface area contributed by atoms with Gasteiger partial charge in [0.15, 0.2) is 11.4 Å². The Bertz CT molecular complexity index is 1370. The van der Waals surface area contributed by atoms with Crippen molar-refractivity contribution in [1.29, 1.82) is 0 Å². The van der Waals surface area contributed by atoms with Gasteiger partial charge in [-0.1, -0.05) is 60.3 Å². The molecule has 1 saturated carbocycles. The molecule has 8 atom stereocenters. The van der Waals surface area contributed by atoms with Gasteiger partial charge in [-0.2, -0.15) is 0 Å². The first-order chi connectivity index (χ1) is 21.9. The van der Waals surface area contributed by atoms with Crippen LogP contribution in [0.2, 0.25) is 0 Å². The normalized spacial score (nSPS) is 31.5. The second-order valence-electron chi connectivity index (χ2n) is 13.8. The van der Waals surface area contributed by atoms with Crippen molar-refractivity contribution in [2.75, 3.05) is 6.61 Å². The van der Waals surface area contributed by atoms with Crippen molar-refractivity contribution in [2.24, 2.45) is 29.1 Å². The van der Waals surface area contributed by atoms with Gasteiger partial charge in [0.05, 0.1) is 17.6 Å². The van der Waals surface area contributed by atoms with Crippen LogP contribution in [0.25, 0.3) is 0 Å². The highest BCUT2D eigenvalue weighted by atomic mass is 16.6. The van der Waals surface area contributed by atoms with Crippen molar-refractivity contribution in [3.8, 4) is 0 Å². The van der Waals surface area contributed by atoms with Crippen molar-refractivity contribution >= 4 is 29.7 Å². The fourth-order valence-electron chi connectivity index (χ4n) is 6.56. The summed E-state index contributed by atoms with van der Waals surface area (Å²) in [4.78, 5) is 69.9. The van der Waals surface area contributed by atoms with Crippen LogP contribution in [-0.4, -0.2) is 71.3 Å². The number of ether oxygens (including phenoxy) is 5. The average Bonchev–Trinajstić information content (AvgIpc) is 3.24. The van der Waals surface area contributed by atoms with Crippen LogP contribution >= 0.6 is 0 Å². The molecule has 0 amide bonds. The number of hydrogen-bond donors (Lipinski definition) is 0. The molecule has 1 aromatic heterocycles. The Labute approximate surface area is 277 Å². The number of allylic oxidation sites excluding steroid dienone is 1. The van der Waals surface area contributed by atoms with E-state index in [2.05, 4.69) is 11.6 Å². The molecule has 0 aliphatic heterocycles. The maximum absolute atomic E-state index is 14.6. The van der Waals surface area contributed by atoms with Crippen molar-refractivity contribution in [1.82, 2.24) is 4.98 Å². The maximum Gasteiger partial charge on any atom is 0.340 e. The van der Waals surface area contributed by atoms with Crippen LogP contribution in [0.5, 0.6) is 0 Å². The smallest absolute Gasteiger partial charge is 0.340 e. The van der Waals surface area contributed by atoms with E-state index in [1.165, 1.54) is 27.0 Å². The van der Waals surface area contributed by atoms with Gasteiger partial charge in [0.2, 0.25) is 0 Å². The molecule has 47 heavy (non-hydrogen) atoms. The van der Waals surface area contributed by atoms with E-state index < -0.39 is 82.8 Å². The Morgan fingerprint density at radius 3 is 2.23 bits per heavy atom. The fourth-order valence-corrected chi connectivity index (χ4v) is 6.56. The molecule has 3 rings (SSSR count). The summed E-state index contributed by atoms with van der Waals surface area (Å²) >= 11 is 0. The molecule has 0 bridgehead atoms. The summed E-state index contributed by atoms with van der Waals surface area (Å²) in [5, 5.41) is 0. The highest BCUT2D eigenvalue weighted by molar-refractivity contribution is 5.93. The summed E-state index contributed by atoms with van der Waals surface area (Å²) in [7, 11) is 0. The molecule has 11 nitrogen and oxygen atoms in total. The molecular weight excluding hydrogens is 606 g/mol. The molecule has 0 saturated heterocycles. The molecule has 2 aliphatic carbocycles. The minimum absolute atomic E-state index is 0.0174. The number of hydrogen-bond acceptors (Lipinski definition) is 11. The third-order valence-electron chi connectivity index (χ3n) is 8.78. The molecule has 258 valence electrons. The van der Waals surface area contributed by atoms with E-state index in [0.29, 0.717) is 0 Å². The number of pyridine rings is 1. The lowest BCUT2D eigenvalue weighted by molar-refractivity contribution is -0.185. The third-order valence-corrected chi connectivity index (χ3v) is 8.78. The Morgan fingerprint density at radius 2 is 1.68 bits per heavy atom. The number of carbonyl (C=O) groups excluding carboxylic acids is 5. The van der Waals surface area contributed by atoms with Gasteiger partial charge in [0.25, 0.3) is 0 Å². The lowest BCUT2D eigenvalue weighted by atomic mass is 9.72. The van der Waals surface area contributed by atoms with E-state index >= 15 is 0 Å². The van der Waals surface area contributed by atoms with Crippen LogP contribution in [0.3, 0.4) is 0 Å². The van der Waals surface area contributed by atoms with Gasteiger partial charge in [-0.05, 0) is 29.5 Å². The molecule has 0 spiro atoms. The summed E-state index contributed by atoms with van der Waals surface area (Å²) in [5.74, 6) is -5.43. The van der Waals surface area contributed by atoms with Gasteiger partial charge in [0, 0.05) is 63.9 Å². The molecule has 0 unspecified atom stereocenters. The van der Waals surface area contributed by atoms with Crippen molar-refractivity contribution in [3.63, 3.8) is 0 Å². The zero-order valence-electron chi connectivity index (χ0n) is 28.9. The van der Waals surface area contributed by atoms with Crippen LogP contribution in [-0.2, 0) is 42.9 Å². The molecule has 1 heterocycles. The molecule has 11 heteroatoms. The zero-order valence-corrected chi connectivity index (χ0v) is 28.9. The molecule has 1 aromatic rings. The molecule has 2 aliphatic rings. The SMILES string of the molecule is C=C1[C@@H](OCC(C)C)C[C@H](OC(=O)c2cccnc2)C(C)(C)/C=C/[C@H](C)C(=O)[C@]2(OC(C)=O)C[C@@H](C)[C@@H](OC(C)=O)[C@H]2[C@@H]1OC(C)=O. The second-order valence-corrected chi connectivity index (χ2v) is 13.8.